The highest BCUT2D eigenvalue weighted by Crippen LogP contribution is 2.26. The van der Waals surface area contributed by atoms with Crippen molar-refractivity contribution in [1.29, 1.82) is 0 Å². The normalized spacial score (nSPS) is 15.9. The maximum atomic E-state index is 13.0. The monoisotopic (exact) mass is 331 g/mol. The molecule has 2 aromatic carbocycles. The van der Waals surface area contributed by atoms with Gasteiger partial charge in [-0.25, -0.2) is 4.98 Å². The van der Waals surface area contributed by atoms with Gasteiger partial charge in [-0.05, 0) is 12.1 Å². The summed E-state index contributed by atoms with van der Waals surface area (Å²) in [5, 5.41) is 5.88. The fourth-order valence-corrected chi connectivity index (χ4v) is 2.78. The number of aromatic amines is 1. The van der Waals surface area contributed by atoms with E-state index < -0.39 is 0 Å². The Morgan fingerprint density at radius 1 is 1.04 bits per heavy atom. The van der Waals surface area contributed by atoms with Crippen LogP contribution in [0.5, 0.6) is 0 Å². The third-order valence-electron chi connectivity index (χ3n) is 3.89. The van der Waals surface area contributed by atoms with Gasteiger partial charge in [-0.3, -0.25) is 4.79 Å². The Labute approximate surface area is 145 Å². The second kappa shape index (κ2) is 5.90. The molecule has 6 heteroatoms. The number of H-pyrrole nitrogens is 1. The van der Waals surface area contributed by atoms with E-state index in [1.54, 1.807) is 6.20 Å². The molecule has 0 saturated carbocycles. The van der Waals surface area contributed by atoms with Crippen molar-refractivity contribution in [2.24, 2.45) is 5.10 Å². The first-order chi connectivity index (χ1) is 12.1. The highest BCUT2D eigenvalue weighted by atomic mass is 16.2. The van der Waals surface area contributed by atoms with Gasteiger partial charge >= 0.3 is 0 Å². The van der Waals surface area contributed by atoms with E-state index in [1.807, 2.05) is 73.6 Å². The minimum absolute atomic E-state index is 0.202. The number of carbonyl (C=O) groups is 1. The van der Waals surface area contributed by atoms with Crippen LogP contribution in [0.3, 0.4) is 0 Å². The summed E-state index contributed by atoms with van der Waals surface area (Å²) >= 11 is 0. The van der Waals surface area contributed by atoms with E-state index in [0.29, 0.717) is 17.2 Å². The number of nitrogens with one attached hydrogen (secondary N) is 1. The van der Waals surface area contributed by atoms with Crippen molar-refractivity contribution >= 4 is 28.6 Å². The molecule has 0 aliphatic carbocycles. The molecule has 0 atom stereocenters. The smallest absolute Gasteiger partial charge is 0.285 e. The first-order valence-electron chi connectivity index (χ1n) is 7.95. The number of benzene rings is 2. The molecule has 1 aliphatic rings. The maximum Gasteiger partial charge on any atom is 0.285 e. The molecule has 6 nitrogen and oxygen atoms in total. The number of hydrogen-bond donors (Lipinski definition) is 1. The zero-order valence-corrected chi connectivity index (χ0v) is 14.0. The van der Waals surface area contributed by atoms with Crippen molar-refractivity contribution in [2.75, 3.05) is 19.1 Å². The van der Waals surface area contributed by atoms with Crippen LogP contribution < -0.4 is 5.01 Å². The molecule has 3 aromatic rings. The van der Waals surface area contributed by atoms with Gasteiger partial charge < -0.3 is 9.88 Å². The van der Waals surface area contributed by atoms with Gasteiger partial charge in [-0.2, -0.15) is 10.1 Å². The molecule has 25 heavy (non-hydrogen) atoms. The molecule has 1 amide bonds. The van der Waals surface area contributed by atoms with Crippen molar-refractivity contribution in [1.82, 2.24) is 14.9 Å². The topological polar surface area (TPSA) is 64.6 Å². The molecule has 0 bridgehead atoms. The van der Waals surface area contributed by atoms with Crippen LogP contribution in [0.25, 0.3) is 11.0 Å². The molecule has 0 unspecified atom stereocenters. The van der Waals surface area contributed by atoms with Gasteiger partial charge in [0, 0.05) is 25.9 Å². The summed E-state index contributed by atoms with van der Waals surface area (Å²) in [7, 11) is 3.76. The van der Waals surface area contributed by atoms with Crippen LogP contribution >= 0.6 is 0 Å². The highest BCUT2D eigenvalue weighted by Gasteiger charge is 2.33. The van der Waals surface area contributed by atoms with Crippen LogP contribution in [0.4, 0.5) is 5.95 Å². The number of para-hydroxylation sites is 2. The summed E-state index contributed by atoms with van der Waals surface area (Å²) in [6.07, 6.45) is 1.79. The number of carbonyl (C=O) groups excluding carboxylic acids is 1. The van der Waals surface area contributed by atoms with Gasteiger partial charge in [0.05, 0.1) is 16.6 Å². The number of nitrogens with zero attached hydrogens (tertiary/aromatic N) is 4. The minimum Gasteiger partial charge on any atom is -0.383 e. The number of fused-ring (bicyclic) bond motifs is 1. The summed E-state index contributed by atoms with van der Waals surface area (Å²) in [6, 6.07) is 17.3. The minimum atomic E-state index is -0.202. The summed E-state index contributed by atoms with van der Waals surface area (Å²) in [6.45, 7) is 0. The van der Waals surface area contributed by atoms with E-state index in [4.69, 9.17) is 0 Å². The van der Waals surface area contributed by atoms with E-state index in [0.717, 1.165) is 16.6 Å². The molecular formula is C19H17N5O. The lowest BCUT2D eigenvalue weighted by Gasteiger charge is -2.09. The second-order valence-electron chi connectivity index (χ2n) is 6.02. The van der Waals surface area contributed by atoms with Crippen LogP contribution in [0.2, 0.25) is 0 Å². The lowest BCUT2D eigenvalue weighted by Crippen LogP contribution is -2.23. The fourth-order valence-electron chi connectivity index (χ4n) is 2.78. The number of amides is 1. The molecule has 1 aliphatic heterocycles. The summed E-state index contributed by atoms with van der Waals surface area (Å²) in [4.78, 5) is 22.4. The Kier molecular flexibility index (Phi) is 3.57. The second-order valence-corrected chi connectivity index (χ2v) is 6.02. The van der Waals surface area contributed by atoms with Crippen molar-refractivity contribution in [2.45, 2.75) is 0 Å². The first-order valence-corrected chi connectivity index (χ1v) is 7.95. The lowest BCUT2D eigenvalue weighted by molar-refractivity contribution is -0.114. The quantitative estimate of drug-likeness (QED) is 0.751. The van der Waals surface area contributed by atoms with Crippen molar-refractivity contribution in [3.8, 4) is 0 Å². The molecule has 124 valence electrons. The van der Waals surface area contributed by atoms with E-state index in [2.05, 4.69) is 15.1 Å². The zero-order valence-electron chi connectivity index (χ0n) is 14.0. The number of hydrogen-bond acceptors (Lipinski definition) is 4. The number of rotatable bonds is 3. The Morgan fingerprint density at radius 3 is 2.48 bits per heavy atom. The van der Waals surface area contributed by atoms with Gasteiger partial charge in [-0.1, -0.05) is 42.5 Å². The third kappa shape index (κ3) is 2.67. The van der Waals surface area contributed by atoms with E-state index in [-0.39, 0.29) is 5.91 Å². The van der Waals surface area contributed by atoms with Gasteiger partial charge in [0.25, 0.3) is 5.91 Å². The molecule has 1 aromatic heterocycles. The molecule has 0 spiro atoms. The number of aromatic nitrogens is 2. The summed E-state index contributed by atoms with van der Waals surface area (Å²) in [5.41, 5.74) is 3.73. The molecule has 1 N–H and O–H groups in total. The standard InChI is InChI=1S/C19H17N5O/c1-23(2)12-14-17(13-8-4-3-5-9-13)22-24(18(14)25)19-20-15-10-6-7-11-16(15)21-19/h3-12H,1-2H3,(H,20,21)/b14-12+. The van der Waals surface area contributed by atoms with E-state index in [9.17, 15) is 4.79 Å². The highest BCUT2D eigenvalue weighted by molar-refractivity contribution is 6.35. The molecule has 2 heterocycles. The van der Waals surface area contributed by atoms with Crippen molar-refractivity contribution in [3.63, 3.8) is 0 Å². The predicted molar refractivity (Wildman–Crippen MR) is 98.3 cm³/mol. The average molecular weight is 331 g/mol. The number of imidazole rings is 1. The lowest BCUT2D eigenvalue weighted by atomic mass is 10.0. The summed E-state index contributed by atoms with van der Waals surface area (Å²) < 4.78 is 0. The SMILES string of the molecule is CN(C)/C=C1/C(=O)N(c2nc3ccccc3[nH]2)N=C1c1ccccc1. The molecule has 0 fully saturated rings. The van der Waals surface area contributed by atoms with Crippen molar-refractivity contribution < 1.29 is 4.79 Å². The Hall–Kier alpha value is -3.41. The molecule has 0 radical (unpaired) electrons. The van der Waals surface area contributed by atoms with E-state index in [1.165, 1.54) is 5.01 Å². The van der Waals surface area contributed by atoms with E-state index >= 15 is 0 Å². The fraction of sp³-hybridized carbons (Fsp3) is 0.105. The number of hydrazone groups is 1. The summed E-state index contributed by atoms with van der Waals surface area (Å²) in [5.74, 6) is 0.216. The first kappa shape index (κ1) is 15.1. The Bertz CT molecular complexity index is 968. The van der Waals surface area contributed by atoms with Gasteiger partial charge in [0.15, 0.2) is 0 Å². The van der Waals surface area contributed by atoms with Crippen LogP contribution in [0.1, 0.15) is 5.56 Å². The van der Waals surface area contributed by atoms with Crippen LogP contribution in [0, 0.1) is 0 Å². The largest absolute Gasteiger partial charge is 0.383 e. The number of anilines is 1. The van der Waals surface area contributed by atoms with Crippen LogP contribution in [-0.2, 0) is 4.79 Å². The molecule has 4 rings (SSSR count). The Morgan fingerprint density at radius 2 is 1.76 bits per heavy atom. The Balaban J connectivity index is 1.83. The maximum absolute atomic E-state index is 13.0. The van der Waals surface area contributed by atoms with Crippen LogP contribution in [0.15, 0.2) is 71.5 Å². The predicted octanol–water partition coefficient (Wildman–Crippen LogP) is 2.76. The molecule has 0 saturated heterocycles. The average Bonchev–Trinajstić information content (AvgIpc) is 3.17. The van der Waals surface area contributed by atoms with Gasteiger partial charge in [-0.15, -0.1) is 0 Å². The zero-order chi connectivity index (χ0) is 17.4. The van der Waals surface area contributed by atoms with Gasteiger partial charge in [0.1, 0.15) is 5.71 Å². The van der Waals surface area contributed by atoms with Gasteiger partial charge in [0.2, 0.25) is 5.95 Å². The van der Waals surface area contributed by atoms with Crippen molar-refractivity contribution in [3.05, 3.63) is 71.9 Å². The molecular weight excluding hydrogens is 314 g/mol. The third-order valence-corrected chi connectivity index (χ3v) is 3.89. The van der Waals surface area contributed by atoms with Crippen LogP contribution in [-0.4, -0.2) is 40.6 Å².